The highest BCUT2D eigenvalue weighted by Crippen LogP contribution is 2.64. The van der Waals surface area contributed by atoms with Crippen molar-refractivity contribution in [2.45, 2.75) is 23.0 Å². The van der Waals surface area contributed by atoms with E-state index in [1.165, 1.54) is 0 Å². The van der Waals surface area contributed by atoms with E-state index in [9.17, 15) is 8.42 Å². The van der Waals surface area contributed by atoms with Crippen molar-refractivity contribution in [1.29, 1.82) is 0 Å². The molecule has 138 valence electrons. The van der Waals surface area contributed by atoms with Crippen LogP contribution in [0.1, 0.15) is 18.4 Å². The summed E-state index contributed by atoms with van der Waals surface area (Å²) in [5.41, 5.74) is 6.07. The molecule has 7 heteroatoms. The van der Waals surface area contributed by atoms with E-state index in [1.807, 2.05) is 31.2 Å². The van der Waals surface area contributed by atoms with E-state index >= 15 is 0 Å². The van der Waals surface area contributed by atoms with Crippen LogP contribution in [-0.2, 0) is 14.6 Å². The molecule has 2 N–H and O–H groups in total. The van der Waals surface area contributed by atoms with Gasteiger partial charge in [-0.2, -0.15) is 0 Å². The quantitative estimate of drug-likeness (QED) is 0.647. The predicted molar refractivity (Wildman–Crippen MR) is 110 cm³/mol. The van der Waals surface area contributed by atoms with E-state index < -0.39 is 20.5 Å². The van der Waals surface area contributed by atoms with Crippen LogP contribution in [0.4, 0.5) is 0 Å². The molecule has 1 aliphatic rings. The van der Waals surface area contributed by atoms with Gasteiger partial charge in [-0.05, 0) is 36.8 Å². The summed E-state index contributed by atoms with van der Waals surface area (Å²) >= 11 is 8.74. The average Bonchev–Trinajstić information content (AvgIpc) is 3.33. The molecule has 1 fully saturated rings. The van der Waals surface area contributed by atoms with Gasteiger partial charge in [-0.15, -0.1) is 0 Å². The summed E-state index contributed by atoms with van der Waals surface area (Å²) in [4.78, 5) is 0.463. The van der Waals surface area contributed by atoms with Gasteiger partial charge in [0.1, 0.15) is 0 Å². The maximum atomic E-state index is 13.3. The van der Waals surface area contributed by atoms with E-state index in [-0.39, 0.29) is 22.4 Å². The number of benzene rings is 2. The van der Waals surface area contributed by atoms with Crippen molar-refractivity contribution in [3.05, 3.63) is 64.6 Å². The summed E-state index contributed by atoms with van der Waals surface area (Å²) < 4.78 is 33.2. The second-order valence-electron chi connectivity index (χ2n) is 6.35. The molecular formula is C19H20BrNO3S2. The van der Waals surface area contributed by atoms with Gasteiger partial charge in [0.15, 0.2) is 9.84 Å². The molecule has 0 amide bonds. The summed E-state index contributed by atoms with van der Waals surface area (Å²) in [7, 11) is -3.62. The van der Waals surface area contributed by atoms with Gasteiger partial charge in [0.2, 0.25) is 0 Å². The summed E-state index contributed by atoms with van der Waals surface area (Å²) in [5.74, 6) is -0.329. The maximum absolute atomic E-state index is 13.3. The standard InChI is InChI=1S/C19H20BrNO3S2/c1-2-24-12-19(18(21)25)16(13-8-10-14(20)11-9-13)17(19)26(22,23)15-6-4-3-5-7-15/h3-11,16-17H,2,12H2,1H3,(H2,21,25)/t16-,17-,19+/m1/s1. The molecule has 0 unspecified atom stereocenters. The molecule has 0 saturated heterocycles. The van der Waals surface area contributed by atoms with Gasteiger partial charge in [0.25, 0.3) is 0 Å². The third kappa shape index (κ3) is 3.22. The van der Waals surface area contributed by atoms with Gasteiger partial charge in [0, 0.05) is 17.0 Å². The van der Waals surface area contributed by atoms with Crippen molar-refractivity contribution < 1.29 is 13.2 Å². The van der Waals surface area contributed by atoms with E-state index in [0.29, 0.717) is 6.61 Å². The number of ether oxygens (including phenoxy) is 1. The Hall–Kier alpha value is -1.28. The average molecular weight is 454 g/mol. The van der Waals surface area contributed by atoms with E-state index in [4.69, 9.17) is 22.7 Å². The number of rotatable bonds is 7. The zero-order valence-corrected chi connectivity index (χ0v) is 17.5. The predicted octanol–water partition coefficient (Wildman–Crippen LogP) is 3.70. The first-order chi connectivity index (χ1) is 12.4. The van der Waals surface area contributed by atoms with E-state index in [2.05, 4.69) is 15.9 Å². The molecule has 3 rings (SSSR count). The van der Waals surface area contributed by atoms with Crippen LogP contribution in [0.25, 0.3) is 0 Å². The third-order valence-corrected chi connectivity index (χ3v) is 8.09. The molecule has 3 atom stereocenters. The molecule has 0 radical (unpaired) electrons. The normalized spacial score (nSPS) is 25.0. The minimum Gasteiger partial charge on any atom is -0.393 e. The van der Waals surface area contributed by atoms with Crippen LogP contribution < -0.4 is 5.73 Å². The van der Waals surface area contributed by atoms with Gasteiger partial charge >= 0.3 is 0 Å². The van der Waals surface area contributed by atoms with Crippen molar-refractivity contribution in [2.24, 2.45) is 11.1 Å². The van der Waals surface area contributed by atoms with Crippen molar-refractivity contribution >= 4 is 43.0 Å². The summed E-state index contributed by atoms with van der Waals surface area (Å²) in [5, 5.41) is -0.734. The van der Waals surface area contributed by atoms with Gasteiger partial charge in [-0.25, -0.2) is 8.42 Å². The van der Waals surface area contributed by atoms with Crippen molar-refractivity contribution in [3.8, 4) is 0 Å². The Bertz CT molecular complexity index is 900. The molecule has 2 aromatic carbocycles. The molecule has 0 aliphatic heterocycles. The summed E-state index contributed by atoms with van der Waals surface area (Å²) in [6.07, 6.45) is 0. The minimum atomic E-state index is -3.62. The summed E-state index contributed by atoms with van der Waals surface area (Å²) in [6, 6.07) is 16.1. The van der Waals surface area contributed by atoms with Crippen LogP contribution in [0.15, 0.2) is 64.0 Å². The zero-order valence-electron chi connectivity index (χ0n) is 14.3. The first kappa shape index (κ1) is 19.5. The second kappa shape index (κ2) is 7.38. The van der Waals surface area contributed by atoms with Gasteiger partial charge in [0.05, 0.1) is 27.2 Å². The van der Waals surface area contributed by atoms with Crippen molar-refractivity contribution in [2.75, 3.05) is 13.2 Å². The number of sulfone groups is 1. The second-order valence-corrected chi connectivity index (χ2v) is 9.77. The number of thiocarbonyl (C=S) groups is 1. The molecule has 0 bridgehead atoms. The van der Waals surface area contributed by atoms with Gasteiger partial charge in [-0.3, -0.25) is 0 Å². The lowest BCUT2D eigenvalue weighted by molar-refractivity contribution is 0.121. The highest BCUT2D eigenvalue weighted by Gasteiger charge is 2.73. The number of hydrogen-bond donors (Lipinski definition) is 1. The lowest BCUT2D eigenvalue weighted by Crippen LogP contribution is -2.33. The fraction of sp³-hybridized carbons (Fsp3) is 0.316. The molecule has 2 aromatic rings. The van der Waals surface area contributed by atoms with E-state index in [1.54, 1.807) is 30.3 Å². The van der Waals surface area contributed by atoms with Crippen LogP contribution in [0.5, 0.6) is 0 Å². The maximum Gasteiger partial charge on any atom is 0.182 e. The lowest BCUT2D eigenvalue weighted by atomic mass is 10.00. The Balaban J connectivity index is 2.10. The fourth-order valence-electron chi connectivity index (χ4n) is 3.57. The highest BCUT2D eigenvalue weighted by atomic mass is 79.9. The first-order valence-electron chi connectivity index (χ1n) is 8.27. The van der Waals surface area contributed by atoms with E-state index in [0.717, 1.165) is 10.0 Å². The summed E-state index contributed by atoms with van der Waals surface area (Å²) in [6.45, 7) is 2.52. The molecular weight excluding hydrogens is 434 g/mol. The zero-order chi connectivity index (χ0) is 18.9. The molecule has 1 aliphatic carbocycles. The minimum absolute atomic E-state index is 0.184. The molecule has 1 saturated carbocycles. The largest absolute Gasteiger partial charge is 0.393 e. The molecule has 4 nitrogen and oxygen atoms in total. The Labute approximate surface area is 167 Å². The first-order valence-corrected chi connectivity index (χ1v) is 11.0. The lowest BCUT2D eigenvalue weighted by Gasteiger charge is -2.17. The van der Waals surface area contributed by atoms with Gasteiger partial charge < -0.3 is 10.5 Å². The Morgan fingerprint density at radius 1 is 1.19 bits per heavy atom. The van der Waals surface area contributed by atoms with Crippen molar-refractivity contribution in [3.63, 3.8) is 0 Å². The fourth-order valence-corrected chi connectivity index (χ4v) is 6.62. The van der Waals surface area contributed by atoms with Crippen molar-refractivity contribution in [1.82, 2.24) is 0 Å². The smallest absolute Gasteiger partial charge is 0.182 e. The third-order valence-electron chi connectivity index (χ3n) is 4.90. The highest BCUT2D eigenvalue weighted by molar-refractivity contribution is 9.10. The van der Waals surface area contributed by atoms with Crippen LogP contribution in [-0.4, -0.2) is 31.9 Å². The topological polar surface area (TPSA) is 69.4 Å². The number of halogens is 1. The Kier molecular flexibility index (Phi) is 5.53. The van der Waals surface area contributed by atoms with Crippen LogP contribution in [0, 0.1) is 5.41 Å². The molecule has 0 heterocycles. The van der Waals surface area contributed by atoms with Crippen LogP contribution in [0.2, 0.25) is 0 Å². The molecule has 0 spiro atoms. The molecule has 26 heavy (non-hydrogen) atoms. The van der Waals surface area contributed by atoms with Crippen LogP contribution in [0.3, 0.4) is 0 Å². The monoisotopic (exact) mass is 453 g/mol. The Morgan fingerprint density at radius 2 is 1.81 bits per heavy atom. The number of hydrogen-bond acceptors (Lipinski definition) is 4. The number of nitrogens with two attached hydrogens (primary N) is 1. The van der Waals surface area contributed by atoms with Gasteiger partial charge in [-0.1, -0.05) is 58.5 Å². The van der Waals surface area contributed by atoms with Crippen LogP contribution >= 0.6 is 28.1 Å². The Morgan fingerprint density at radius 3 is 2.35 bits per heavy atom. The SMILES string of the molecule is CCOC[C@]1(C(N)=S)[C@H](c2ccc(Br)cc2)[C@H]1S(=O)(=O)c1ccccc1. The molecule has 0 aromatic heterocycles.